The number of aromatic nitrogens is 3. The molecule has 1 amide bonds. The predicted molar refractivity (Wildman–Crippen MR) is 86.4 cm³/mol. The molecule has 122 valence electrons. The van der Waals surface area contributed by atoms with Crippen LogP contribution in [0.15, 0.2) is 40.2 Å². The minimum absolute atomic E-state index is 0.148. The first-order valence-electron chi connectivity index (χ1n) is 7.04. The number of anilines is 1. The van der Waals surface area contributed by atoms with Crippen molar-refractivity contribution in [1.29, 1.82) is 0 Å². The van der Waals surface area contributed by atoms with Crippen molar-refractivity contribution >= 4 is 11.7 Å². The van der Waals surface area contributed by atoms with Gasteiger partial charge in [-0.1, -0.05) is 6.07 Å². The van der Waals surface area contributed by atoms with Gasteiger partial charge in [0, 0.05) is 51.7 Å². The number of carbonyl (C=O) groups is 1. The van der Waals surface area contributed by atoms with Crippen LogP contribution < -0.4 is 21.5 Å². The van der Waals surface area contributed by atoms with Crippen LogP contribution in [0.3, 0.4) is 0 Å². The number of nitrogens with one attached hydrogen (secondary N) is 1. The van der Waals surface area contributed by atoms with Crippen LogP contribution in [-0.2, 0) is 24.9 Å². The van der Waals surface area contributed by atoms with E-state index in [2.05, 4.69) is 10.3 Å². The van der Waals surface area contributed by atoms with Gasteiger partial charge in [0.1, 0.15) is 12.4 Å². The lowest BCUT2D eigenvalue weighted by Gasteiger charge is -2.16. The molecule has 2 heterocycles. The first kappa shape index (κ1) is 16.5. The Morgan fingerprint density at radius 2 is 2.04 bits per heavy atom. The van der Waals surface area contributed by atoms with Gasteiger partial charge in [0.25, 0.3) is 5.56 Å². The van der Waals surface area contributed by atoms with Gasteiger partial charge in [0.05, 0.1) is 0 Å². The van der Waals surface area contributed by atoms with Crippen molar-refractivity contribution in [2.24, 2.45) is 7.05 Å². The lowest BCUT2D eigenvalue weighted by atomic mass is 10.2. The second-order valence-electron chi connectivity index (χ2n) is 5.28. The number of nitrogens with zero attached hydrogens (tertiary/aromatic N) is 4. The highest BCUT2D eigenvalue weighted by Gasteiger charge is 2.09. The number of hydrogen-bond acceptors (Lipinski definition) is 5. The van der Waals surface area contributed by atoms with Crippen molar-refractivity contribution in [3.8, 4) is 0 Å². The van der Waals surface area contributed by atoms with Gasteiger partial charge >= 0.3 is 5.69 Å². The molecule has 0 fully saturated rings. The third-order valence-corrected chi connectivity index (χ3v) is 3.34. The predicted octanol–water partition coefficient (Wildman–Crippen LogP) is -0.676. The largest absolute Gasteiger partial charge is 0.362 e. The van der Waals surface area contributed by atoms with Crippen LogP contribution in [0, 0.1) is 0 Å². The van der Waals surface area contributed by atoms with Crippen molar-refractivity contribution in [3.63, 3.8) is 0 Å². The summed E-state index contributed by atoms with van der Waals surface area (Å²) in [5, 5.41) is 2.75. The van der Waals surface area contributed by atoms with Crippen molar-refractivity contribution in [2.75, 3.05) is 19.0 Å². The summed E-state index contributed by atoms with van der Waals surface area (Å²) >= 11 is 0. The van der Waals surface area contributed by atoms with E-state index in [1.54, 1.807) is 12.3 Å². The van der Waals surface area contributed by atoms with Gasteiger partial charge in [-0.15, -0.1) is 0 Å². The summed E-state index contributed by atoms with van der Waals surface area (Å²) in [6.45, 7) is 0.158. The fourth-order valence-electron chi connectivity index (χ4n) is 2.11. The van der Waals surface area contributed by atoms with Gasteiger partial charge in [-0.3, -0.25) is 18.7 Å². The molecule has 0 aromatic carbocycles. The standard InChI is InChI=1S/C15H19N5O3/c1-18(2)14-11(5-4-7-16-14)9-17-12(21)10-20-8-6-13(22)19(3)15(20)23/h4-8H,9-10H2,1-3H3,(H,17,21). The number of hydrogen-bond donors (Lipinski definition) is 1. The first-order valence-corrected chi connectivity index (χ1v) is 7.04. The molecule has 1 N–H and O–H groups in total. The molecule has 2 rings (SSSR count). The zero-order valence-corrected chi connectivity index (χ0v) is 13.3. The number of carbonyl (C=O) groups excluding carboxylic acids is 1. The van der Waals surface area contributed by atoms with E-state index in [1.165, 1.54) is 23.9 Å². The van der Waals surface area contributed by atoms with E-state index in [4.69, 9.17) is 0 Å². The van der Waals surface area contributed by atoms with Crippen molar-refractivity contribution < 1.29 is 4.79 Å². The summed E-state index contributed by atoms with van der Waals surface area (Å²) in [5.74, 6) is 0.450. The molecule has 8 nitrogen and oxygen atoms in total. The Balaban J connectivity index is 2.06. The van der Waals surface area contributed by atoms with E-state index < -0.39 is 11.2 Å². The molecule has 0 aliphatic carbocycles. The Morgan fingerprint density at radius 3 is 2.74 bits per heavy atom. The number of pyridine rings is 1. The van der Waals surface area contributed by atoms with Crippen LogP contribution >= 0.6 is 0 Å². The van der Waals surface area contributed by atoms with E-state index in [9.17, 15) is 14.4 Å². The Morgan fingerprint density at radius 1 is 1.30 bits per heavy atom. The van der Waals surface area contributed by atoms with E-state index in [-0.39, 0.29) is 12.5 Å². The Labute approximate surface area is 133 Å². The third kappa shape index (κ3) is 3.85. The van der Waals surface area contributed by atoms with E-state index in [0.29, 0.717) is 6.54 Å². The molecular formula is C15H19N5O3. The van der Waals surface area contributed by atoms with Crippen molar-refractivity contribution in [2.45, 2.75) is 13.1 Å². The molecule has 0 aliphatic heterocycles. The van der Waals surface area contributed by atoms with E-state index in [1.807, 2.05) is 25.1 Å². The van der Waals surface area contributed by atoms with Gasteiger partial charge in [0.2, 0.25) is 5.91 Å². The zero-order valence-electron chi connectivity index (χ0n) is 13.3. The quantitative estimate of drug-likeness (QED) is 0.789. The van der Waals surface area contributed by atoms with Crippen LogP contribution in [0.25, 0.3) is 0 Å². The summed E-state index contributed by atoms with van der Waals surface area (Å²) in [6.07, 6.45) is 3.00. The topological polar surface area (TPSA) is 89.2 Å². The zero-order chi connectivity index (χ0) is 17.0. The average Bonchev–Trinajstić information content (AvgIpc) is 2.53. The van der Waals surface area contributed by atoms with Crippen LogP contribution in [0.4, 0.5) is 5.82 Å². The fourth-order valence-corrected chi connectivity index (χ4v) is 2.11. The second kappa shape index (κ2) is 6.91. The molecule has 0 bridgehead atoms. The maximum absolute atomic E-state index is 12.0. The summed E-state index contributed by atoms with van der Waals surface area (Å²) in [6, 6.07) is 4.92. The molecule has 0 saturated heterocycles. The van der Waals surface area contributed by atoms with Gasteiger partial charge < -0.3 is 10.2 Å². The Kier molecular flexibility index (Phi) is 4.95. The van der Waals surface area contributed by atoms with Crippen LogP contribution in [0.1, 0.15) is 5.56 Å². The molecule has 0 radical (unpaired) electrons. The Bertz CT molecular complexity index is 822. The molecule has 0 atom stereocenters. The number of rotatable bonds is 5. The van der Waals surface area contributed by atoms with Gasteiger partial charge in [-0.25, -0.2) is 9.78 Å². The highest BCUT2D eigenvalue weighted by molar-refractivity contribution is 5.75. The van der Waals surface area contributed by atoms with Gasteiger partial charge in [-0.05, 0) is 6.07 Å². The smallest absolute Gasteiger partial charge is 0.331 e. The van der Waals surface area contributed by atoms with Crippen LogP contribution in [-0.4, -0.2) is 34.1 Å². The average molecular weight is 317 g/mol. The summed E-state index contributed by atoms with van der Waals surface area (Å²) < 4.78 is 2.14. The highest BCUT2D eigenvalue weighted by Crippen LogP contribution is 2.13. The number of amides is 1. The van der Waals surface area contributed by atoms with E-state index in [0.717, 1.165) is 15.9 Å². The second-order valence-corrected chi connectivity index (χ2v) is 5.28. The monoisotopic (exact) mass is 317 g/mol. The normalized spacial score (nSPS) is 10.4. The van der Waals surface area contributed by atoms with Crippen molar-refractivity contribution in [1.82, 2.24) is 19.4 Å². The minimum atomic E-state index is -0.525. The van der Waals surface area contributed by atoms with Crippen LogP contribution in [0.2, 0.25) is 0 Å². The molecule has 2 aromatic heterocycles. The molecule has 0 spiro atoms. The summed E-state index contributed by atoms with van der Waals surface area (Å²) in [5.41, 5.74) is -0.0562. The first-order chi connectivity index (χ1) is 10.9. The summed E-state index contributed by atoms with van der Waals surface area (Å²) in [4.78, 5) is 41.3. The third-order valence-electron chi connectivity index (χ3n) is 3.34. The molecule has 2 aromatic rings. The highest BCUT2D eigenvalue weighted by atomic mass is 16.2. The maximum atomic E-state index is 12.0. The summed E-state index contributed by atoms with van der Waals surface area (Å²) in [7, 11) is 5.12. The molecule has 0 saturated carbocycles. The maximum Gasteiger partial charge on any atom is 0.331 e. The van der Waals surface area contributed by atoms with Crippen molar-refractivity contribution in [3.05, 3.63) is 57.0 Å². The lowest BCUT2D eigenvalue weighted by Crippen LogP contribution is -2.40. The molecular weight excluding hydrogens is 298 g/mol. The lowest BCUT2D eigenvalue weighted by molar-refractivity contribution is -0.121. The molecule has 23 heavy (non-hydrogen) atoms. The molecule has 0 aliphatic rings. The minimum Gasteiger partial charge on any atom is -0.362 e. The fraction of sp³-hybridized carbons (Fsp3) is 0.333. The van der Waals surface area contributed by atoms with Crippen LogP contribution in [0.5, 0.6) is 0 Å². The van der Waals surface area contributed by atoms with Gasteiger partial charge in [-0.2, -0.15) is 0 Å². The van der Waals surface area contributed by atoms with E-state index >= 15 is 0 Å². The molecule has 8 heteroatoms. The molecule has 0 unspecified atom stereocenters. The Hall–Kier alpha value is -2.90. The van der Waals surface area contributed by atoms with Gasteiger partial charge in [0.15, 0.2) is 0 Å². The SMILES string of the molecule is CN(C)c1ncccc1CNC(=O)Cn1ccc(=O)n(C)c1=O.